The van der Waals surface area contributed by atoms with Crippen LogP contribution < -0.4 is 4.74 Å². The molecule has 0 bridgehead atoms. The number of benzene rings is 2. The molecule has 8 heteroatoms. The van der Waals surface area contributed by atoms with E-state index in [0.29, 0.717) is 10.8 Å². The minimum atomic E-state index is -1.53. The van der Waals surface area contributed by atoms with Crippen molar-refractivity contribution in [3.63, 3.8) is 0 Å². The van der Waals surface area contributed by atoms with Crippen LogP contribution in [-0.2, 0) is 4.74 Å². The summed E-state index contributed by atoms with van der Waals surface area (Å²) >= 11 is 3.36. The number of aromatic hydroxyl groups is 1. The largest absolute Gasteiger partial charge is 0.508 e. The van der Waals surface area contributed by atoms with Gasteiger partial charge < -0.3 is 35.0 Å². The summed E-state index contributed by atoms with van der Waals surface area (Å²) in [6.07, 6.45) is -6.89. The standard InChI is InChI=1S/C16H17BrO7/c17-8-2-1-7-3-9(19)5-11(10(7)4-8)23-16-15(22)14(21)13(20)12(6-18)24-16/h1-5,12-16,18-22H,6H2/t12-,13-,14+,15-,16+/m1/s1. The van der Waals surface area contributed by atoms with Crippen LogP contribution in [0.3, 0.4) is 0 Å². The highest BCUT2D eigenvalue weighted by Gasteiger charge is 2.44. The van der Waals surface area contributed by atoms with Crippen LogP contribution in [0.15, 0.2) is 34.8 Å². The summed E-state index contributed by atoms with van der Waals surface area (Å²) in [4.78, 5) is 0. The summed E-state index contributed by atoms with van der Waals surface area (Å²) in [6, 6.07) is 8.27. The molecule has 0 spiro atoms. The topological polar surface area (TPSA) is 120 Å². The van der Waals surface area contributed by atoms with Crippen molar-refractivity contribution in [2.45, 2.75) is 30.7 Å². The summed E-state index contributed by atoms with van der Waals surface area (Å²) in [6.45, 7) is -0.545. The molecule has 0 aliphatic carbocycles. The van der Waals surface area contributed by atoms with Crippen molar-refractivity contribution in [2.24, 2.45) is 0 Å². The van der Waals surface area contributed by atoms with Crippen molar-refractivity contribution in [3.8, 4) is 11.5 Å². The van der Waals surface area contributed by atoms with Crippen LogP contribution in [0, 0.1) is 0 Å². The zero-order chi connectivity index (χ0) is 17.4. The van der Waals surface area contributed by atoms with Crippen LogP contribution >= 0.6 is 15.9 Å². The second kappa shape index (κ2) is 6.83. The van der Waals surface area contributed by atoms with E-state index in [4.69, 9.17) is 9.47 Å². The van der Waals surface area contributed by atoms with Gasteiger partial charge in [0.15, 0.2) is 0 Å². The highest BCUT2D eigenvalue weighted by atomic mass is 79.9. The van der Waals surface area contributed by atoms with E-state index in [-0.39, 0.29) is 11.5 Å². The average Bonchev–Trinajstić information content (AvgIpc) is 2.55. The Morgan fingerprint density at radius 2 is 1.79 bits per heavy atom. The maximum atomic E-state index is 10.1. The third-order valence-electron chi connectivity index (χ3n) is 3.95. The number of halogens is 1. The Morgan fingerprint density at radius 3 is 2.50 bits per heavy atom. The van der Waals surface area contributed by atoms with Gasteiger partial charge in [-0.15, -0.1) is 0 Å². The lowest BCUT2D eigenvalue weighted by atomic mass is 9.99. The van der Waals surface area contributed by atoms with E-state index >= 15 is 0 Å². The zero-order valence-corrected chi connectivity index (χ0v) is 14.0. The van der Waals surface area contributed by atoms with Gasteiger partial charge in [0.25, 0.3) is 0 Å². The molecular formula is C16H17BrO7. The first-order chi connectivity index (χ1) is 11.4. The second-order valence-electron chi connectivity index (χ2n) is 5.62. The van der Waals surface area contributed by atoms with Crippen molar-refractivity contribution >= 4 is 26.7 Å². The van der Waals surface area contributed by atoms with Crippen LogP contribution in [-0.4, -0.2) is 62.8 Å². The van der Waals surface area contributed by atoms with Gasteiger partial charge >= 0.3 is 0 Å². The Bertz CT molecular complexity index is 736. The lowest BCUT2D eigenvalue weighted by Gasteiger charge is -2.39. The molecule has 7 nitrogen and oxygen atoms in total. The molecule has 5 N–H and O–H groups in total. The smallest absolute Gasteiger partial charge is 0.229 e. The molecule has 0 aromatic heterocycles. The lowest BCUT2D eigenvalue weighted by Crippen LogP contribution is -2.60. The molecule has 2 aromatic carbocycles. The summed E-state index contributed by atoms with van der Waals surface area (Å²) in [5.74, 6) is 0.194. The van der Waals surface area contributed by atoms with Gasteiger partial charge in [0.05, 0.1) is 6.61 Å². The van der Waals surface area contributed by atoms with Gasteiger partial charge in [-0.05, 0) is 23.6 Å². The molecule has 1 saturated heterocycles. The maximum Gasteiger partial charge on any atom is 0.229 e. The molecular weight excluding hydrogens is 384 g/mol. The van der Waals surface area contributed by atoms with E-state index in [9.17, 15) is 25.5 Å². The highest BCUT2D eigenvalue weighted by molar-refractivity contribution is 9.10. The zero-order valence-electron chi connectivity index (χ0n) is 12.4. The number of ether oxygens (including phenoxy) is 2. The fraction of sp³-hybridized carbons (Fsp3) is 0.375. The maximum absolute atomic E-state index is 10.1. The summed E-state index contributed by atoms with van der Waals surface area (Å²) in [5, 5.41) is 50.1. The van der Waals surface area contributed by atoms with Gasteiger partial charge in [-0.3, -0.25) is 0 Å². The molecule has 0 amide bonds. The first-order valence-corrected chi connectivity index (χ1v) is 8.09. The Hall–Kier alpha value is -1.42. The van der Waals surface area contributed by atoms with Crippen molar-refractivity contribution in [1.29, 1.82) is 0 Å². The van der Waals surface area contributed by atoms with Crippen molar-refractivity contribution in [2.75, 3.05) is 6.61 Å². The first-order valence-electron chi connectivity index (χ1n) is 7.30. The highest BCUT2D eigenvalue weighted by Crippen LogP contribution is 2.35. The summed E-state index contributed by atoms with van der Waals surface area (Å²) in [5.41, 5.74) is 0. The Morgan fingerprint density at radius 1 is 1.04 bits per heavy atom. The number of hydrogen-bond donors (Lipinski definition) is 5. The second-order valence-corrected chi connectivity index (χ2v) is 6.54. The van der Waals surface area contributed by atoms with E-state index in [1.54, 1.807) is 24.3 Å². The predicted octanol–water partition coefficient (Wildman–Crippen LogP) is 0.487. The average molecular weight is 401 g/mol. The Kier molecular flexibility index (Phi) is 4.95. The summed E-state index contributed by atoms with van der Waals surface area (Å²) in [7, 11) is 0. The van der Waals surface area contributed by atoms with Crippen molar-refractivity contribution in [1.82, 2.24) is 0 Å². The molecule has 1 aliphatic heterocycles. The Balaban J connectivity index is 1.95. The number of aliphatic hydroxyl groups excluding tert-OH is 4. The van der Waals surface area contributed by atoms with E-state index in [1.165, 1.54) is 6.07 Å². The number of aliphatic hydroxyl groups is 4. The SMILES string of the molecule is OC[C@H]1O[C@H](Oc2cc(O)cc3ccc(Br)cc23)[C@H](O)[C@@H](O)[C@@H]1O. The monoisotopic (exact) mass is 400 g/mol. The van der Waals surface area contributed by atoms with Gasteiger partial charge in [0.2, 0.25) is 6.29 Å². The van der Waals surface area contributed by atoms with Gasteiger partial charge in [0.1, 0.15) is 35.9 Å². The molecule has 2 aromatic rings. The first kappa shape index (κ1) is 17.4. The fourth-order valence-corrected chi connectivity index (χ4v) is 3.03. The molecule has 1 aliphatic rings. The van der Waals surface area contributed by atoms with Crippen molar-refractivity contribution in [3.05, 3.63) is 34.8 Å². The van der Waals surface area contributed by atoms with E-state index in [1.807, 2.05) is 0 Å². The van der Waals surface area contributed by atoms with Gasteiger partial charge in [0, 0.05) is 15.9 Å². The third-order valence-corrected chi connectivity index (χ3v) is 4.45. The van der Waals surface area contributed by atoms with E-state index < -0.39 is 37.3 Å². The summed E-state index contributed by atoms with van der Waals surface area (Å²) < 4.78 is 11.8. The normalized spacial score (nSPS) is 30.5. The van der Waals surface area contributed by atoms with Gasteiger partial charge in [-0.25, -0.2) is 0 Å². The van der Waals surface area contributed by atoms with Gasteiger partial charge in [-0.1, -0.05) is 22.0 Å². The van der Waals surface area contributed by atoms with Crippen LogP contribution in [0.2, 0.25) is 0 Å². The molecule has 5 atom stereocenters. The number of phenols is 1. The number of hydrogen-bond acceptors (Lipinski definition) is 7. The molecule has 1 fully saturated rings. The molecule has 0 unspecified atom stereocenters. The molecule has 0 radical (unpaired) electrons. The lowest BCUT2D eigenvalue weighted by molar-refractivity contribution is -0.277. The van der Waals surface area contributed by atoms with Crippen molar-refractivity contribution < 1.29 is 35.0 Å². The van der Waals surface area contributed by atoms with E-state index in [2.05, 4.69) is 15.9 Å². The minimum Gasteiger partial charge on any atom is -0.508 e. The predicted molar refractivity (Wildman–Crippen MR) is 87.7 cm³/mol. The quantitative estimate of drug-likeness (QED) is 0.508. The number of phenolic OH excluding ortho intramolecular Hbond substituents is 1. The molecule has 24 heavy (non-hydrogen) atoms. The number of fused-ring (bicyclic) bond motifs is 1. The molecule has 0 saturated carbocycles. The van der Waals surface area contributed by atoms with Gasteiger partial charge in [-0.2, -0.15) is 0 Å². The van der Waals surface area contributed by atoms with Crippen LogP contribution in [0.5, 0.6) is 11.5 Å². The Labute approximate surface area is 145 Å². The molecule has 3 rings (SSSR count). The number of rotatable bonds is 3. The van der Waals surface area contributed by atoms with Crippen LogP contribution in [0.1, 0.15) is 0 Å². The molecule has 1 heterocycles. The van der Waals surface area contributed by atoms with E-state index in [0.717, 1.165) is 4.47 Å². The fourth-order valence-electron chi connectivity index (χ4n) is 2.67. The molecule has 130 valence electrons. The van der Waals surface area contributed by atoms with Crippen LogP contribution in [0.4, 0.5) is 0 Å². The minimum absolute atomic E-state index is 0.0376. The van der Waals surface area contributed by atoms with Crippen LogP contribution in [0.25, 0.3) is 10.8 Å². The third kappa shape index (κ3) is 3.21.